The highest BCUT2D eigenvalue weighted by molar-refractivity contribution is 7.99. The van der Waals surface area contributed by atoms with Gasteiger partial charge in [0, 0.05) is 17.4 Å². The molecule has 0 spiro atoms. The van der Waals surface area contributed by atoms with Crippen molar-refractivity contribution in [2.75, 3.05) is 25.2 Å². The fourth-order valence-corrected chi connectivity index (χ4v) is 1.96. The number of rotatable bonds is 6. The van der Waals surface area contributed by atoms with E-state index in [-0.39, 0.29) is 26.7 Å². The average Bonchev–Trinajstić information content (AvgIpc) is 2.44. The lowest BCUT2D eigenvalue weighted by atomic mass is 10.1. The third-order valence-electron chi connectivity index (χ3n) is 2.94. The molecule has 0 unspecified atom stereocenters. The molecule has 0 atom stereocenters. The van der Waals surface area contributed by atoms with Crippen LogP contribution in [0.1, 0.15) is 24.2 Å². The van der Waals surface area contributed by atoms with E-state index in [2.05, 4.69) is 10.1 Å². The number of nitrogens with one attached hydrogen (secondary N) is 1. The Labute approximate surface area is 132 Å². The van der Waals surface area contributed by atoms with Crippen molar-refractivity contribution in [3.8, 4) is 0 Å². The van der Waals surface area contributed by atoms with Gasteiger partial charge in [0.25, 0.3) is 5.69 Å². The molecule has 0 bridgehead atoms. The van der Waals surface area contributed by atoms with Crippen LogP contribution in [-0.2, 0) is 4.74 Å². The number of hydrogen-bond acceptors (Lipinski definition) is 6. The van der Waals surface area contributed by atoms with Crippen molar-refractivity contribution in [3.05, 3.63) is 32.8 Å². The van der Waals surface area contributed by atoms with Crippen LogP contribution in [0.25, 0.3) is 0 Å². The number of hydrogen-bond donors (Lipinski definition) is 1. The molecule has 0 aliphatic carbocycles. The maximum Gasteiger partial charge on any atom is 0.339 e. The van der Waals surface area contributed by atoms with Crippen LogP contribution in [0, 0.1) is 10.1 Å². The predicted octanol–water partition coefficient (Wildman–Crippen LogP) is 3.59. The number of methoxy groups -OCH3 is 1. The summed E-state index contributed by atoms with van der Waals surface area (Å²) in [7, 11) is 1.19. The molecule has 1 aromatic carbocycles. The Bertz CT molecular complexity index is 563. The molecule has 0 radical (unpaired) electrons. The molecule has 0 saturated carbocycles. The van der Waals surface area contributed by atoms with E-state index in [1.807, 2.05) is 20.1 Å². The van der Waals surface area contributed by atoms with Crippen LogP contribution in [0.5, 0.6) is 0 Å². The third kappa shape index (κ3) is 4.50. The van der Waals surface area contributed by atoms with Crippen molar-refractivity contribution in [2.24, 2.45) is 0 Å². The molecule has 116 valence electrons. The molecule has 1 rings (SSSR count). The van der Waals surface area contributed by atoms with E-state index >= 15 is 0 Å². The van der Waals surface area contributed by atoms with Crippen molar-refractivity contribution >= 4 is 40.7 Å². The van der Waals surface area contributed by atoms with Crippen LogP contribution in [0.4, 0.5) is 11.4 Å². The minimum Gasteiger partial charge on any atom is -0.465 e. The second kappa shape index (κ2) is 7.00. The number of thioether (sulfide) groups is 1. The van der Waals surface area contributed by atoms with Crippen LogP contribution in [0.2, 0.25) is 5.02 Å². The fraction of sp³-hybridized carbons (Fsp3) is 0.462. The molecule has 21 heavy (non-hydrogen) atoms. The van der Waals surface area contributed by atoms with E-state index < -0.39 is 10.9 Å². The Hall–Kier alpha value is -1.47. The topological polar surface area (TPSA) is 81.5 Å². The van der Waals surface area contributed by atoms with Crippen LogP contribution in [0.15, 0.2) is 12.1 Å². The maximum absolute atomic E-state index is 11.5. The maximum atomic E-state index is 11.5. The number of ether oxygens (including phenoxy) is 1. The number of nitrogens with zero attached hydrogens (tertiary/aromatic N) is 1. The lowest BCUT2D eigenvalue weighted by Gasteiger charge is -2.23. The van der Waals surface area contributed by atoms with Crippen molar-refractivity contribution in [1.82, 2.24) is 0 Å². The van der Waals surface area contributed by atoms with E-state index in [0.717, 1.165) is 6.07 Å². The first-order valence-corrected chi connectivity index (χ1v) is 7.67. The van der Waals surface area contributed by atoms with Gasteiger partial charge in [0.1, 0.15) is 5.69 Å². The number of anilines is 1. The predicted molar refractivity (Wildman–Crippen MR) is 85.5 cm³/mol. The molecule has 1 N–H and O–H groups in total. The van der Waals surface area contributed by atoms with Crippen molar-refractivity contribution < 1.29 is 14.5 Å². The zero-order valence-electron chi connectivity index (χ0n) is 12.2. The first kappa shape index (κ1) is 17.6. The summed E-state index contributed by atoms with van der Waals surface area (Å²) in [4.78, 5) is 22.1. The molecule has 0 saturated heterocycles. The molecule has 0 aliphatic rings. The van der Waals surface area contributed by atoms with E-state index in [0.29, 0.717) is 6.54 Å². The van der Waals surface area contributed by atoms with Gasteiger partial charge in [0.2, 0.25) is 0 Å². The van der Waals surface area contributed by atoms with Gasteiger partial charge in [0.15, 0.2) is 0 Å². The summed E-state index contributed by atoms with van der Waals surface area (Å²) >= 11 is 7.63. The first-order chi connectivity index (χ1) is 9.71. The van der Waals surface area contributed by atoms with Gasteiger partial charge in [-0.1, -0.05) is 11.6 Å². The van der Waals surface area contributed by atoms with E-state index in [1.54, 1.807) is 11.8 Å². The lowest BCUT2D eigenvalue weighted by Crippen LogP contribution is -2.26. The van der Waals surface area contributed by atoms with E-state index in [9.17, 15) is 14.9 Å². The normalized spacial score (nSPS) is 11.1. The van der Waals surface area contributed by atoms with Crippen LogP contribution < -0.4 is 5.32 Å². The highest BCUT2D eigenvalue weighted by atomic mass is 35.5. The van der Waals surface area contributed by atoms with Gasteiger partial charge in [-0.2, -0.15) is 11.8 Å². The number of carbonyl (C=O) groups is 1. The van der Waals surface area contributed by atoms with Gasteiger partial charge in [-0.3, -0.25) is 10.1 Å². The fourth-order valence-electron chi connectivity index (χ4n) is 1.50. The molecule has 0 heterocycles. The molecular formula is C13H17ClN2O4S. The quantitative estimate of drug-likeness (QED) is 0.487. The number of nitro groups is 1. The van der Waals surface area contributed by atoms with Crippen LogP contribution in [-0.4, -0.2) is 35.5 Å². The Balaban J connectivity index is 3.18. The summed E-state index contributed by atoms with van der Waals surface area (Å²) in [5.41, 5.74) is 0.0389. The molecule has 0 aromatic heterocycles. The monoisotopic (exact) mass is 332 g/mol. The molecule has 1 aromatic rings. The lowest BCUT2D eigenvalue weighted by molar-refractivity contribution is -0.384. The van der Waals surface area contributed by atoms with Crippen molar-refractivity contribution in [2.45, 2.75) is 18.6 Å². The Kier molecular flexibility index (Phi) is 5.86. The Morgan fingerprint density at radius 2 is 2.14 bits per heavy atom. The summed E-state index contributed by atoms with van der Waals surface area (Å²) in [5, 5.41) is 14.3. The van der Waals surface area contributed by atoms with Crippen molar-refractivity contribution in [1.29, 1.82) is 0 Å². The van der Waals surface area contributed by atoms with E-state index in [4.69, 9.17) is 11.6 Å². The average molecular weight is 333 g/mol. The molecule has 8 heteroatoms. The Morgan fingerprint density at radius 1 is 1.52 bits per heavy atom. The minimum absolute atomic E-state index is 0.0273. The second-order valence-electron chi connectivity index (χ2n) is 4.92. The van der Waals surface area contributed by atoms with Gasteiger partial charge < -0.3 is 10.1 Å². The minimum atomic E-state index is -0.709. The van der Waals surface area contributed by atoms with Gasteiger partial charge >= 0.3 is 5.97 Å². The molecular weight excluding hydrogens is 316 g/mol. The number of esters is 1. The number of benzene rings is 1. The first-order valence-electron chi connectivity index (χ1n) is 6.07. The van der Waals surface area contributed by atoms with Crippen LogP contribution >= 0.6 is 23.4 Å². The number of halogens is 1. The zero-order chi connectivity index (χ0) is 16.2. The number of nitro benzene ring substituents is 1. The summed E-state index contributed by atoms with van der Waals surface area (Å²) in [5.74, 6) is -0.709. The molecule has 0 fully saturated rings. The van der Waals surface area contributed by atoms with E-state index in [1.165, 1.54) is 13.2 Å². The van der Waals surface area contributed by atoms with Gasteiger partial charge in [-0.05, 0) is 26.2 Å². The second-order valence-corrected chi connectivity index (χ2v) is 6.84. The van der Waals surface area contributed by atoms with Gasteiger partial charge in [0.05, 0.1) is 22.6 Å². The summed E-state index contributed by atoms with van der Waals surface area (Å²) < 4.78 is 4.46. The number of carbonyl (C=O) groups excluding carboxylic acids is 1. The highest BCUT2D eigenvalue weighted by Crippen LogP contribution is 2.32. The smallest absolute Gasteiger partial charge is 0.339 e. The largest absolute Gasteiger partial charge is 0.465 e. The third-order valence-corrected chi connectivity index (χ3v) is 4.51. The summed E-state index contributed by atoms with van der Waals surface area (Å²) in [6.45, 7) is 4.55. The highest BCUT2D eigenvalue weighted by Gasteiger charge is 2.23. The summed E-state index contributed by atoms with van der Waals surface area (Å²) in [6, 6.07) is 2.50. The van der Waals surface area contributed by atoms with Gasteiger partial charge in [-0.15, -0.1) is 0 Å². The van der Waals surface area contributed by atoms with Crippen molar-refractivity contribution in [3.63, 3.8) is 0 Å². The molecule has 0 amide bonds. The van der Waals surface area contributed by atoms with Crippen LogP contribution in [0.3, 0.4) is 0 Å². The molecule has 0 aliphatic heterocycles. The SMILES string of the molecule is COC(=O)c1cc([N+](=O)[O-])c(NCC(C)(C)SC)cc1Cl. The standard InChI is InChI=1S/C13H17ClN2O4S/c1-13(2,21-4)7-15-10-6-9(14)8(12(17)20-3)5-11(10)16(18)19/h5-6,15H,7H2,1-4H3. The summed E-state index contributed by atoms with van der Waals surface area (Å²) in [6.07, 6.45) is 1.96. The zero-order valence-corrected chi connectivity index (χ0v) is 13.8. The van der Waals surface area contributed by atoms with Gasteiger partial charge in [-0.25, -0.2) is 4.79 Å². The molecule has 6 nitrogen and oxygen atoms in total. The Morgan fingerprint density at radius 3 is 2.62 bits per heavy atom.